The standard InChI is InChI=1S/C19H27NO6/c1-4-24-16(21)12-13-20(14-15-10-8-7-9-11-15)17(18(22)25-5-2)19(23)26-6-3/h7-11,17H,4-6,12-14H2,1-3H3. The Morgan fingerprint density at radius 2 is 1.42 bits per heavy atom. The molecule has 0 heterocycles. The molecular formula is C19H27NO6. The summed E-state index contributed by atoms with van der Waals surface area (Å²) < 4.78 is 15.0. The number of esters is 3. The van der Waals surface area contributed by atoms with Gasteiger partial charge in [0, 0.05) is 13.1 Å². The second-order valence-electron chi connectivity index (χ2n) is 5.42. The maximum atomic E-state index is 12.4. The van der Waals surface area contributed by atoms with Gasteiger partial charge in [0.05, 0.1) is 26.2 Å². The fourth-order valence-electron chi connectivity index (χ4n) is 2.42. The van der Waals surface area contributed by atoms with E-state index in [2.05, 4.69) is 0 Å². The van der Waals surface area contributed by atoms with Crippen molar-refractivity contribution in [3.05, 3.63) is 35.9 Å². The Hall–Kier alpha value is -2.41. The largest absolute Gasteiger partial charge is 0.466 e. The quantitative estimate of drug-likeness (QED) is 0.337. The Labute approximate surface area is 154 Å². The molecule has 0 aliphatic carbocycles. The van der Waals surface area contributed by atoms with E-state index >= 15 is 0 Å². The van der Waals surface area contributed by atoms with E-state index < -0.39 is 23.9 Å². The third kappa shape index (κ3) is 7.23. The summed E-state index contributed by atoms with van der Waals surface area (Å²) in [6.45, 7) is 6.08. The van der Waals surface area contributed by atoms with Crippen LogP contribution < -0.4 is 0 Å². The average Bonchev–Trinajstić information content (AvgIpc) is 2.61. The maximum absolute atomic E-state index is 12.4. The van der Waals surface area contributed by atoms with Gasteiger partial charge in [-0.15, -0.1) is 0 Å². The normalized spacial score (nSPS) is 10.7. The smallest absolute Gasteiger partial charge is 0.335 e. The van der Waals surface area contributed by atoms with Crippen LogP contribution in [0, 0.1) is 0 Å². The number of nitrogens with zero attached hydrogens (tertiary/aromatic N) is 1. The molecule has 26 heavy (non-hydrogen) atoms. The number of rotatable bonds is 11. The van der Waals surface area contributed by atoms with Crippen molar-refractivity contribution in [3.8, 4) is 0 Å². The molecule has 144 valence electrons. The monoisotopic (exact) mass is 365 g/mol. The van der Waals surface area contributed by atoms with Crippen molar-refractivity contribution >= 4 is 17.9 Å². The first-order valence-corrected chi connectivity index (χ1v) is 8.80. The number of carbonyl (C=O) groups is 3. The van der Waals surface area contributed by atoms with E-state index in [1.54, 1.807) is 25.7 Å². The van der Waals surface area contributed by atoms with Crippen molar-refractivity contribution < 1.29 is 28.6 Å². The van der Waals surface area contributed by atoms with Crippen molar-refractivity contribution in [3.63, 3.8) is 0 Å². The molecule has 0 radical (unpaired) electrons. The minimum Gasteiger partial charge on any atom is -0.466 e. The van der Waals surface area contributed by atoms with Gasteiger partial charge in [0.1, 0.15) is 0 Å². The second kappa shape index (κ2) is 12.0. The van der Waals surface area contributed by atoms with E-state index in [0.717, 1.165) is 5.56 Å². The molecule has 1 rings (SSSR count). The maximum Gasteiger partial charge on any atom is 0.335 e. The molecule has 0 aliphatic heterocycles. The fourth-order valence-corrected chi connectivity index (χ4v) is 2.42. The van der Waals surface area contributed by atoms with Crippen molar-refractivity contribution in [1.82, 2.24) is 4.90 Å². The Morgan fingerprint density at radius 3 is 1.92 bits per heavy atom. The summed E-state index contributed by atoms with van der Waals surface area (Å²) in [5, 5.41) is 0. The van der Waals surface area contributed by atoms with Gasteiger partial charge in [-0.2, -0.15) is 0 Å². The predicted octanol–water partition coefficient (Wildman–Crippen LogP) is 1.94. The van der Waals surface area contributed by atoms with E-state index in [1.807, 2.05) is 30.3 Å². The summed E-state index contributed by atoms with van der Waals surface area (Å²) in [5.74, 6) is -1.77. The van der Waals surface area contributed by atoms with Crippen molar-refractivity contribution in [1.29, 1.82) is 0 Å². The van der Waals surface area contributed by atoms with Gasteiger partial charge in [0.2, 0.25) is 6.04 Å². The van der Waals surface area contributed by atoms with E-state index in [1.165, 1.54) is 0 Å². The Bertz CT molecular complexity index is 557. The van der Waals surface area contributed by atoms with Crippen LogP contribution in [0.5, 0.6) is 0 Å². The van der Waals surface area contributed by atoms with Crippen LogP contribution in [-0.4, -0.2) is 55.2 Å². The van der Waals surface area contributed by atoms with Gasteiger partial charge >= 0.3 is 17.9 Å². The molecule has 1 aromatic carbocycles. The number of benzene rings is 1. The first kappa shape index (κ1) is 21.6. The predicted molar refractivity (Wildman–Crippen MR) is 95.2 cm³/mol. The second-order valence-corrected chi connectivity index (χ2v) is 5.42. The number of carbonyl (C=O) groups excluding carboxylic acids is 3. The first-order chi connectivity index (χ1) is 12.5. The van der Waals surface area contributed by atoms with Crippen LogP contribution in [0.4, 0.5) is 0 Å². The fraction of sp³-hybridized carbons (Fsp3) is 0.526. The van der Waals surface area contributed by atoms with Crippen molar-refractivity contribution in [2.75, 3.05) is 26.4 Å². The minimum atomic E-state index is -1.23. The van der Waals surface area contributed by atoms with E-state index in [9.17, 15) is 14.4 Å². The molecule has 0 N–H and O–H groups in total. The molecule has 0 saturated carbocycles. The average molecular weight is 365 g/mol. The van der Waals surface area contributed by atoms with Crippen molar-refractivity contribution in [2.24, 2.45) is 0 Å². The summed E-state index contributed by atoms with van der Waals surface area (Å²) in [7, 11) is 0. The highest BCUT2D eigenvalue weighted by Crippen LogP contribution is 2.13. The molecule has 1 aromatic rings. The lowest BCUT2D eigenvalue weighted by atomic mass is 10.1. The molecular weight excluding hydrogens is 338 g/mol. The van der Waals surface area contributed by atoms with E-state index in [0.29, 0.717) is 6.54 Å². The van der Waals surface area contributed by atoms with Crippen LogP contribution in [0.1, 0.15) is 32.8 Å². The van der Waals surface area contributed by atoms with Gasteiger partial charge in [-0.05, 0) is 26.3 Å². The summed E-state index contributed by atoms with van der Waals surface area (Å²) in [6, 6.07) is 8.13. The van der Waals surface area contributed by atoms with Gasteiger partial charge in [-0.3, -0.25) is 9.69 Å². The zero-order chi connectivity index (χ0) is 19.4. The lowest BCUT2D eigenvalue weighted by Crippen LogP contribution is -2.49. The van der Waals surface area contributed by atoms with Crippen LogP contribution in [0.2, 0.25) is 0 Å². The number of ether oxygens (including phenoxy) is 3. The summed E-state index contributed by atoms with van der Waals surface area (Å²) >= 11 is 0. The molecule has 0 atom stereocenters. The Kier molecular flexibility index (Phi) is 10.0. The molecule has 0 saturated heterocycles. The molecule has 0 spiro atoms. The minimum absolute atomic E-state index is 0.0516. The number of hydrogen-bond acceptors (Lipinski definition) is 7. The molecule has 0 amide bonds. The highest BCUT2D eigenvalue weighted by atomic mass is 16.6. The van der Waals surface area contributed by atoms with Gasteiger partial charge < -0.3 is 14.2 Å². The third-order valence-corrected chi connectivity index (χ3v) is 3.52. The lowest BCUT2D eigenvalue weighted by molar-refractivity contribution is -0.165. The third-order valence-electron chi connectivity index (χ3n) is 3.52. The summed E-state index contributed by atoms with van der Waals surface area (Å²) in [4.78, 5) is 38.1. The zero-order valence-electron chi connectivity index (χ0n) is 15.6. The van der Waals surface area contributed by atoms with Crippen LogP contribution in [0.3, 0.4) is 0 Å². The summed E-state index contributed by atoms with van der Waals surface area (Å²) in [5.41, 5.74) is 0.898. The van der Waals surface area contributed by atoms with Crippen LogP contribution in [0.15, 0.2) is 30.3 Å². The van der Waals surface area contributed by atoms with Gasteiger partial charge in [-0.1, -0.05) is 30.3 Å². The Morgan fingerprint density at radius 1 is 0.885 bits per heavy atom. The lowest BCUT2D eigenvalue weighted by Gasteiger charge is -2.28. The van der Waals surface area contributed by atoms with E-state index in [-0.39, 0.29) is 32.8 Å². The highest BCUT2D eigenvalue weighted by molar-refractivity contribution is 5.99. The summed E-state index contributed by atoms with van der Waals surface area (Å²) in [6.07, 6.45) is 0.0516. The highest BCUT2D eigenvalue weighted by Gasteiger charge is 2.36. The van der Waals surface area contributed by atoms with Gasteiger partial charge in [-0.25, -0.2) is 9.59 Å². The van der Waals surface area contributed by atoms with Crippen LogP contribution in [0.25, 0.3) is 0 Å². The molecule has 7 nitrogen and oxygen atoms in total. The molecule has 7 heteroatoms. The molecule has 0 fully saturated rings. The van der Waals surface area contributed by atoms with Crippen LogP contribution >= 0.6 is 0 Å². The first-order valence-electron chi connectivity index (χ1n) is 8.80. The van der Waals surface area contributed by atoms with Gasteiger partial charge in [0.15, 0.2) is 0 Å². The Balaban J connectivity index is 3.03. The SMILES string of the molecule is CCOC(=O)CCN(Cc1ccccc1)C(C(=O)OCC)C(=O)OCC. The topological polar surface area (TPSA) is 82.1 Å². The molecule has 0 unspecified atom stereocenters. The van der Waals surface area contributed by atoms with E-state index in [4.69, 9.17) is 14.2 Å². The molecule has 0 bridgehead atoms. The molecule has 0 aliphatic rings. The molecule has 0 aromatic heterocycles. The van der Waals surface area contributed by atoms with Gasteiger partial charge in [0.25, 0.3) is 0 Å². The van der Waals surface area contributed by atoms with Crippen LogP contribution in [-0.2, 0) is 35.1 Å². The number of hydrogen-bond donors (Lipinski definition) is 0. The zero-order valence-corrected chi connectivity index (χ0v) is 15.6. The van der Waals surface area contributed by atoms with Crippen molar-refractivity contribution in [2.45, 2.75) is 39.8 Å².